The monoisotopic (exact) mass is 403 g/mol. The smallest absolute Gasteiger partial charge is 0.255 e. The van der Waals surface area contributed by atoms with E-state index in [0.717, 1.165) is 11.3 Å². The van der Waals surface area contributed by atoms with Gasteiger partial charge in [-0.3, -0.25) is 4.79 Å². The highest BCUT2D eigenvalue weighted by Gasteiger charge is 2.10. The maximum Gasteiger partial charge on any atom is 0.255 e. The van der Waals surface area contributed by atoms with Gasteiger partial charge >= 0.3 is 0 Å². The van der Waals surface area contributed by atoms with E-state index < -0.39 is 0 Å². The topological polar surface area (TPSA) is 74.1 Å². The number of nitrogens with one attached hydrogen (secondary N) is 1. The van der Waals surface area contributed by atoms with Crippen LogP contribution in [0.3, 0.4) is 0 Å². The van der Waals surface area contributed by atoms with E-state index in [-0.39, 0.29) is 5.91 Å². The fraction of sp³-hybridized carbons (Fsp3) is 0.130. The molecule has 0 unspecified atom stereocenters. The lowest BCUT2D eigenvalue weighted by Crippen LogP contribution is -2.12. The van der Waals surface area contributed by atoms with E-state index in [2.05, 4.69) is 10.3 Å². The van der Waals surface area contributed by atoms with Crippen molar-refractivity contribution >= 4 is 17.2 Å². The van der Waals surface area contributed by atoms with E-state index in [1.54, 1.807) is 56.7 Å². The number of carbonyl (C=O) groups is 1. The molecule has 30 heavy (non-hydrogen) atoms. The van der Waals surface area contributed by atoms with Gasteiger partial charge in [0.15, 0.2) is 0 Å². The van der Waals surface area contributed by atoms with Gasteiger partial charge in [-0.25, -0.2) is 4.98 Å². The van der Waals surface area contributed by atoms with Crippen LogP contribution in [0.15, 0.2) is 73.1 Å². The SMILES string of the molecule is COc1cc(NC(=O)c2cccc(OCc3cn4ccccc4n3)c2)cc(OC)c1. The van der Waals surface area contributed by atoms with E-state index in [0.29, 0.717) is 35.1 Å². The molecule has 2 heterocycles. The summed E-state index contributed by atoms with van der Waals surface area (Å²) in [6, 6.07) is 18.0. The highest BCUT2D eigenvalue weighted by molar-refractivity contribution is 6.04. The van der Waals surface area contributed by atoms with Crippen LogP contribution in [0, 0.1) is 0 Å². The van der Waals surface area contributed by atoms with E-state index >= 15 is 0 Å². The molecule has 0 bridgehead atoms. The van der Waals surface area contributed by atoms with Gasteiger partial charge in [0.25, 0.3) is 5.91 Å². The van der Waals surface area contributed by atoms with Gasteiger partial charge in [0.1, 0.15) is 29.5 Å². The van der Waals surface area contributed by atoms with Crippen molar-refractivity contribution in [2.75, 3.05) is 19.5 Å². The largest absolute Gasteiger partial charge is 0.497 e. The van der Waals surface area contributed by atoms with Crippen LogP contribution in [-0.2, 0) is 6.61 Å². The minimum atomic E-state index is -0.261. The number of anilines is 1. The van der Waals surface area contributed by atoms with Crippen molar-refractivity contribution in [3.05, 3.63) is 84.3 Å². The van der Waals surface area contributed by atoms with Gasteiger partial charge in [0, 0.05) is 41.8 Å². The lowest BCUT2D eigenvalue weighted by molar-refractivity contribution is 0.102. The average Bonchev–Trinajstić information content (AvgIpc) is 3.20. The zero-order valence-corrected chi connectivity index (χ0v) is 16.7. The summed E-state index contributed by atoms with van der Waals surface area (Å²) >= 11 is 0. The molecule has 0 aliphatic carbocycles. The Morgan fingerprint density at radius 1 is 0.967 bits per heavy atom. The summed E-state index contributed by atoms with van der Waals surface area (Å²) in [5.74, 6) is 1.51. The first-order chi connectivity index (χ1) is 14.6. The Bertz CT molecular complexity index is 1130. The van der Waals surface area contributed by atoms with Gasteiger partial charge in [-0.05, 0) is 30.3 Å². The molecule has 7 heteroatoms. The number of ether oxygens (including phenoxy) is 3. The number of amides is 1. The second-order valence-electron chi connectivity index (χ2n) is 6.57. The van der Waals surface area contributed by atoms with Crippen molar-refractivity contribution in [3.8, 4) is 17.2 Å². The van der Waals surface area contributed by atoms with E-state index in [1.165, 1.54) is 0 Å². The molecule has 7 nitrogen and oxygen atoms in total. The van der Waals surface area contributed by atoms with Crippen LogP contribution in [0.2, 0.25) is 0 Å². The minimum absolute atomic E-state index is 0.261. The number of carbonyl (C=O) groups excluding carboxylic acids is 1. The highest BCUT2D eigenvalue weighted by Crippen LogP contribution is 2.26. The first-order valence-electron chi connectivity index (χ1n) is 9.34. The number of fused-ring (bicyclic) bond motifs is 1. The molecule has 0 spiro atoms. The van der Waals surface area contributed by atoms with Crippen LogP contribution in [0.25, 0.3) is 5.65 Å². The number of hydrogen-bond donors (Lipinski definition) is 1. The molecule has 0 fully saturated rings. The number of nitrogens with zero attached hydrogens (tertiary/aromatic N) is 2. The molecule has 0 saturated carbocycles. The molecule has 4 rings (SSSR count). The first-order valence-corrected chi connectivity index (χ1v) is 9.34. The predicted octanol–water partition coefficient (Wildman–Crippen LogP) is 4.18. The first kappa shape index (κ1) is 19.3. The Morgan fingerprint density at radius 2 is 1.77 bits per heavy atom. The molecule has 152 valence electrons. The summed E-state index contributed by atoms with van der Waals surface area (Å²) in [4.78, 5) is 17.2. The minimum Gasteiger partial charge on any atom is -0.497 e. The third-order valence-corrected chi connectivity index (χ3v) is 4.51. The van der Waals surface area contributed by atoms with Crippen LogP contribution < -0.4 is 19.5 Å². The Morgan fingerprint density at radius 3 is 2.50 bits per heavy atom. The summed E-state index contributed by atoms with van der Waals surface area (Å²) in [7, 11) is 3.12. The summed E-state index contributed by atoms with van der Waals surface area (Å²) in [5, 5.41) is 2.86. The number of rotatable bonds is 7. The third-order valence-electron chi connectivity index (χ3n) is 4.51. The van der Waals surface area contributed by atoms with Crippen molar-refractivity contribution in [3.63, 3.8) is 0 Å². The van der Waals surface area contributed by atoms with Crippen LogP contribution in [-0.4, -0.2) is 29.5 Å². The van der Waals surface area contributed by atoms with Crippen molar-refractivity contribution in [2.24, 2.45) is 0 Å². The normalized spacial score (nSPS) is 10.6. The van der Waals surface area contributed by atoms with E-state index in [1.807, 2.05) is 35.0 Å². The summed E-state index contributed by atoms with van der Waals surface area (Å²) < 4.78 is 18.3. The molecule has 0 radical (unpaired) electrons. The van der Waals surface area contributed by atoms with Crippen LogP contribution >= 0.6 is 0 Å². The molecule has 2 aromatic heterocycles. The Hall–Kier alpha value is -4.00. The molecule has 0 aliphatic rings. The predicted molar refractivity (Wildman–Crippen MR) is 113 cm³/mol. The average molecular weight is 403 g/mol. The Kier molecular flexibility index (Phi) is 5.52. The number of aromatic nitrogens is 2. The van der Waals surface area contributed by atoms with Gasteiger partial charge in [0.05, 0.1) is 19.9 Å². The Labute approximate surface area is 173 Å². The summed E-state index contributed by atoms with van der Waals surface area (Å²) in [6.07, 6.45) is 3.85. The number of hydrogen-bond acceptors (Lipinski definition) is 5. The van der Waals surface area contributed by atoms with Gasteiger partial charge in [-0.15, -0.1) is 0 Å². The van der Waals surface area contributed by atoms with Gasteiger partial charge in [0.2, 0.25) is 0 Å². The third kappa shape index (κ3) is 4.35. The maximum atomic E-state index is 12.7. The lowest BCUT2D eigenvalue weighted by atomic mass is 10.2. The van der Waals surface area contributed by atoms with Gasteiger partial charge < -0.3 is 23.9 Å². The fourth-order valence-electron chi connectivity index (χ4n) is 3.02. The van der Waals surface area contributed by atoms with Gasteiger partial charge in [-0.1, -0.05) is 12.1 Å². The molecule has 1 N–H and O–H groups in total. The fourth-order valence-corrected chi connectivity index (χ4v) is 3.02. The zero-order valence-electron chi connectivity index (χ0n) is 16.7. The number of benzene rings is 2. The van der Waals surface area contributed by atoms with Crippen molar-refractivity contribution in [1.82, 2.24) is 9.38 Å². The van der Waals surface area contributed by atoms with Crippen LogP contribution in [0.1, 0.15) is 16.1 Å². The standard InChI is InChI=1S/C23H21N3O4/c1-28-20-11-17(12-21(13-20)29-2)25-23(27)16-6-5-7-19(10-16)30-15-18-14-26-9-4-3-8-22(26)24-18/h3-14H,15H2,1-2H3,(H,25,27). The van der Waals surface area contributed by atoms with Crippen molar-refractivity contribution < 1.29 is 19.0 Å². The lowest BCUT2D eigenvalue weighted by Gasteiger charge is -2.11. The molecular weight excluding hydrogens is 382 g/mol. The van der Waals surface area contributed by atoms with Crippen LogP contribution in [0.4, 0.5) is 5.69 Å². The maximum absolute atomic E-state index is 12.7. The quantitative estimate of drug-likeness (QED) is 0.501. The van der Waals surface area contributed by atoms with Crippen molar-refractivity contribution in [2.45, 2.75) is 6.61 Å². The molecule has 2 aromatic carbocycles. The van der Waals surface area contributed by atoms with Crippen molar-refractivity contribution in [1.29, 1.82) is 0 Å². The molecule has 0 atom stereocenters. The van der Waals surface area contributed by atoms with Gasteiger partial charge in [-0.2, -0.15) is 0 Å². The molecule has 1 amide bonds. The number of pyridine rings is 1. The molecule has 4 aromatic rings. The van der Waals surface area contributed by atoms with E-state index in [9.17, 15) is 4.79 Å². The summed E-state index contributed by atoms with van der Waals surface area (Å²) in [6.45, 7) is 0.305. The van der Waals surface area contributed by atoms with Crippen LogP contribution in [0.5, 0.6) is 17.2 Å². The highest BCUT2D eigenvalue weighted by atomic mass is 16.5. The summed E-state index contributed by atoms with van der Waals surface area (Å²) in [5.41, 5.74) is 2.72. The Balaban J connectivity index is 1.45. The molecule has 0 aliphatic heterocycles. The second kappa shape index (κ2) is 8.57. The zero-order chi connectivity index (χ0) is 20.9. The second-order valence-corrected chi connectivity index (χ2v) is 6.57. The van der Waals surface area contributed by atoms with E-state index in [4.69, 9.17) is 14.2 Å². The number of methoxy groups -OCH3 is 2. The molecule has 0 saturated heterocycles. The molecular formula is C23H21N3O4. The number of imidazole rings is 1.